The Hall–Kier alpha value is -0.870. The molecule has 1 aromatic heterocycles. The van der Waals surface area contributed by atoms with Crippen molar-refractivity contribution in [1.29, 1.82) is 0 Å². The lowest BCUT2D eigenvalue weighted by Gasteiger charge is -2.27. The van der Waals surface area contributed by atoms with Gasteiger partial charge in [-0.05, 0) is 30.8 Å². The van der Waals surface area contributed by atoms with Crippen LogP contribution in [0.5, 0.6) is 0 Å². The first-order chi connectivity index (χ1) is 8.59. The van der Waals surface area contributed by atoms with E-state index in [0.717, 1.165) is 25.9 Å². The lowest BCUT2D eigenvalue weighted by atomic mass is 9.90. The fraction of sp³-hybridized carbons (Fsp3) is 0.643. The van der Waals surface area contributed by atoms with Gasteiger partial charge in [0.25, 0.3) is 0 Å². The van der Waals surface area contributed by atoms with Gasteiger partial charge in [0.15, 0.2) is 0 Å². The number of nitrogens with one attached hydrogen (secondary N) is 2. The number of carbonyl (C=O) groups is 1. The van der Waals surface area contributed by atoms with Gasteiger partial charge in [-0.25, -0.2) is 0 Å². The number of hydrogen-bond acceptors (Lipinski definition) is 3. The van der Waals surface area contributed by atoms with Crippen LogP contribution in [0.1, 0.15) is 31.6 Å². The molecule has 0 spiro atoms. The number of piperidine rings is 1. The molecule has 100 valence electrons. The van der Waals surface area contributed by atoms with Crippen LogP contribution in [0.15, 0.2) is 17.5 Å². The first kappa shape index (κ1) is 13.6. The second kappa shape index (κ2) is 5.85. The van der Waals surface area contributed by atoms with Gasteiger partial charge in [0.1, 0.15) is 0 Å². The van der Waals surface area contributed by atoms with Crippen molar-refractivity contribution in [3.05, 3.63) is 22.4 Å². The van der Waals surface area contributed by atoms with Crippen LogP contribution in [0.25, 0.3) is 0 Å². The van der Waals surface area contributed by atoms with Crippen molar-refractivity contribution in [2.45, 2.75) is 32.1 Å². The fourth-order valence-electron chi connectivity index (χ4n) is 2.28. The molecule has 2 rings (SSSR count). The van der Waals surface area contributed by atoms with Crippen molar-refractivity contribution in [3.8, 4) is 0 Å². The lowest BCUT2D eigenvalue weighted by molar-refractivity contribution is -0.125. The summed E-state index contributed by atoms with van der Waals surface area (Å²) in [5.41, 5.74) is 0.0198. The molecule has 1 atom stereocenters. The van der Waals surface area contributed by atoms with Crippen molar-refractivity contribution in [1.82, 2.24) is 10.6 Å². The maximum atomic E-state index is 12.1. The van der Waals surface area contributed by atoms with Gasteiger partial charge in [0.05, 0.1) is 5.92 Å². The molecule has 1 aliphatic heterocycles. The Kier molecular flexibility index (Phi) is 4.40. The second-order valence-corrected chi connectivity index (χ2v) is 6.57. The summed E-state index contributed by atoms with van der Waals surface area (Å²) in [5.74, 6) is 0.352. The van der Waals surface area contributed by atoms with Crippen molar-refractivity contribution < 1.29 is 4.79 Å². The van der Waals surface area contributed by atoms with Crippen LogP contribution < -0.4 is 10.6 Å². The molecule has 0 saturated carbocycles. The van der Waals surface area contributed by atoms with Gasteiger partial charge in [-0.2, -0.15) is 0 Å². The molecule has 0 radical (unpaired) electrons. The molecule has 1 unspecified atom stereocenters. The van der Waals surface area contributed by atoms with Gasteiger partial charge in [0, 0.05) is 23.4 Å². The van der Waals surface area contributed by atoms with Gasteiger partial charge < -0.3 is 10.6 Å². The number of hydrogen-bond donors (Lipinski definition) is 2. The van der Waals surface area contributed by atoms with Gasteiger partial charge in [-0.3, -0.25) is 4.79 Å². The van der Waals surface area contributed by atoms with Crippen molar-refractivity contribution >= 4 is 17.2 Å². The highest BCUT2D eigenvalue weighted by Gasteiger charge is 2.25. The molecule has 18 heavy (non-hydrogen) atoms. The smallest absolute Gasteiger partial charge is 0.224 e. The predicted molar refractivity (Wildman–Crippen MR) is 75.9 cm³/mol. The molecule has 1 amide bonds. The van der Waals surface area contributed by atoms with E-state index in [1.54, 1.807) is 11.3 Å². The third-order valence-electron chi connectivity index (χ3n) is 3.56. The van der Waals surface area contributed by atoms with E-state index in [2.05, 4.69) is 42.0 Å². The number of rotatable bonds is 4. The average Bonchev–Trinajstić information content (AvgIpc) is 2.92. The lowest BCUT2D eigenvalue weighted by Crippen LogP contribution is -2.44. The SMILES string of the molecule is CC(C)(CNC(=O)C1CCCNC1)c1cccs1. The zero-order valence-corrected chi connectivity index (χ0v) is 12.0. The third-order valence-corrected chi connectivity index (χ3v) is 4.80. The normalized spacial score (nSPS) is 20.7. The zero-order valence-electron chi connectivity index (χ0n) is 11.2. The molecule has 2 heterocycles. The first-order valence-electron chi connectivity index (χ1n) is 6.62. The van der Waals surface area contributed by atoms with Crippen LogP contribution in [0.3, 0.4) is 0 Å². The highest BCUT2D eigenvalue weighted by Crippen LogP contribution is 2.26. The van der Waals surface area contributed by atoms with E-state index in [9.17, 15) is 4.79 Å². The summed E-state index contributed by atoms with van der Waals surface area (Å²) in [7, 11) is 0. The summed E-state index contributed by atoms with van der Waals surface area (Å²) in [6.45, 7) is 6.94. The minimum atomic E-state index is 0.0198. The molecule has 1 saturated heterocycles. The minimum absolute atomic E-state index is 0.0198. The minimum Gasteiger partial charge on any atom is -0.355 e. The Bertz CT molecular complexity index is 381. The molecule has 3 nitrogen and oxygen atoms in total. The summed E-state index contributed by atoms with van der Waals surface area (Å²) in [4.78, 5) is 13.4. The van der Waals surface area contributed by atoms with E-state index < -0.39 is 0 Å². The topological polar surface area (TPSA) is 41.1 Å². The highest BCUT2D eigenvalue weighted by atomic mass is 32.1. The van der Waals surface area contributed by atoms with Crippen molar-refractivity contribution in [2.24, 2.45) is 5.92 Å². The van der Waals surface area contributed by atoms with Crippen LogP contribution in [0.4, 0.5) is 0 Å². The first-order valence-corrected chi connectivity index (χ1v) is 7.50. The van der Waals surface area contributed by atoms with Crippen LogP contribution in [-0.2, 0) is 10.2 Å². The maximum Gasteiger partial charge on any atom is 0.224 e. The van der Waals surface area contributed by atoms with E-state index in [0.29, 0.717) is 6.54 Å². The Morgan fingerprint density at radius 1 is 1.61 bits per heavy atom. The van der Waals surface area contributed by atoms with E-state index in [1.807, 2.05) is 0 Å². The number of amides is 1. The Morgan fingerprint density at radius 2 is 2.44 bits per heavy atom. The molecule has 0 aromatic carbocycles. The van der Waals surface area contributed by atoms with Crippen LogP contribution in [0.2, 0.25) is 0 Å². The van der Waals surface area contributed by atoms with E-state index in [1.165, 1.54) is 4.88 Å². The molecular weight excluding hydrogens is 244 g/mol. The van der Waals surface area contributed by atoms with Gasteiger partial charge in [0.2, 0.25) is 5.91 Å². The van der Waals surface area contributed by atoms with Gasteiger partial charge >= 0.3 is 0 Å². The fourth-order valence-corrected chi connectivity index (χ4v) is 3.13. The summed E-state index contributed by atoms with van der Waals surface area (Å²) in [6, 6.07) is 4.20. The van der Waals surface area contributed by atoms with Crippen molar-refractivity contribution in [2.75, 3.05) is 19.6 Å². The Morgan fingerprint density at radius 3 is 3.06 bits per heavy atom. The van der Waals surface area contributed by atoms with Crippen LogP contribution >= 0.6 is 11.3 Å². The van der Waals surface area contributed by atoms with Gasteiger partial charge in [-0.15, -0.1) is 11.3 Å². The summed E-state index contributed by atoms with van der Waals surface area (Å²) in [5, 5.41) is 8.48. The summed E-state index contributed by atoms with van der Waals surface area (Å²) in [6.07, 6.45) is 2.12. The number of thiophene rings is 1. The summed E-state index contributed by atoms with van der Waals surface area (Å²) >= 11 is 1.75. The number of carbonyl (C=O) groups excluding carboxylic acids is 1. The van der Waals surface area contributed by atoms with Crippen molar-refractivity contribution in [3.63, 3.8) is 0 Å². The van der Waals surface area contributed by atoms with Crippen LogP contribution in [0, 0.1) is 5.92 Å². The molecule has 0 bridgehead atoms. The molecule has 1 fully saturated rings. The predicted octanol–water partition coefficient (Wildman–Crippen LogP) is 2.14. The Balaban J connectivity index is 1.85. The zero-order chi connectivity index (χ0) is 13.0. The van der Waals surface area contributed by atoms with Crippen LogP contribution in [-0.4, -0.2) is 25.5 Å². The summed E-state index contributed by atoms with van der Waals surface area (Å²) < 4.78 is 0. The largest absolute Gasteiger partial charge is 0.355 e. The monoisotopic (exact) mass is 266 g/mol. The average molecular weight is 266 g/mol. The molecule has 1 aromatic rings. The molecule has 1 aliphatic rings. The highest BCUT2D eigenvalue weighted by molar-refractivity contribution is 7.10. The Labute approximate surface area is 113 Å². The molecule has 0 aliphatic carbocycles. The second-order valence-electron chi connectivity index (χ2n) is 5.62. The van der Waals surface area contributed by atoms with E-state index in [4.69, 9.17) is 0 Å². The van der Waals surface area contributed by atoms with E-state index in [-0.39, 0.29) is 17.2 Å². The molecule has 4 heteroatoms. The molecule has 2 N–H and O–H groups in total. The third kappa shape index (κ3) is 3.33. The quantitative estimate of drug-likeness (QED) is 0.876. The molecular formula is C14H22N2OS. The maximum absolute atomic E-state index is 12.1. The van der Waals surface area contributed by atoms with Gasteiger partial charge in [-0.1, -0.05) is 19.9 Å². The van der Waals surface area contributed by atoms with E-state index >= 15 is 0 Å². The standard InChI is InChI=1S/C14H22N2OS/c1-14(2,12-6-4-8-18-12)10-16-13(17)11-5-3-7-15-9-11/h4,6,8,11,15H,3,5,7,9-10H2,1-2H3,(H,16,17).